The molecule has 1 aliphatic heterocycles. The highest BCUT2D eigenvalue weighted by Crippen LogP contribution is 2.39. The number of ether oxygens (including phenoxy) is 2. The van der Waals surface area contributed by atoms with Gasteiger partial charge < -0.3 is 14.0 Å². The van der Waals surface area contributed by atoms with Crippen LogP contribution in [-0.4, -0.2) is 44.0 Å². The maximum atomic E-state index is 13.1. The molecule has 1 fully saturated rings. The highest BCUT2D eigenvalue weighted by atomic mass is 35.5. The Labute approximate surface area is 214 Å². The topological polar surface area (TPSA) is 121 Å². The molecule has 0 bridgehead atoms. The molecule has 2 heterocycles. The van der Waals surface area contributed by atoms with Crippen LogP contribution in [0, 0.1) is 0 Å². The van der Waals surface area contributed by atoms with E-state index in [9.17, 15) is 22.9 Å². The van der Waals surface area contributed by atoms with Crippen molar-refractivity contribution < 1.29 is 22.8 Å². The summed E-state index contributed by atoms with van der Waals surface area (Å²) < 4.78 is 53.6. The Hall–Kier alpha value is -2.29. The third-order valence-electron chi connectivity index (χ3n) is 4.75. The molecule has 2 N–H and O–H groups in total. The first kappa shape index (κ1) is 25.8. The number of aromatic amines is 1. The van der Waals surface area contributed by atoms with Crippen LogP contribution in [0.1, 0.15) is 12.1 Å². The molecule has 4 rings (SSSR count). The first-order chi connectivity index (χ1) is 16.7. The molecule has 1 atom stereocenters. The lowest BCUT2D eigenvalue weighted by Crippen LogP contribution is -2.43. The third kappa shape index (κ3) is 5.60. The predicted octanol–water partition coefficient (Wildman–Crippen LogP) is 3.69. The summed E-state index contributed by atoms with van der Waals surface area (Å²) in [5.74, 6) is 2.34. The van der Waals surface area contributed by atoms with Crippen LogP contribution in [-0.2, 0) is 11.4 Å². The van der Waals surface area contributed by atoms with Gasteiger partial charge in [-0.25, -0.2) is 13.6 Å². The summed E-state index contributed by atoms with van der Waals surface area (Å²) in [7, 11) is 1.45. The number of hydrogen-bond donors (Lipinski definition) is 2. The van der Waals surface area contributed by atoms with Crippen molar-refractivity contribution in [2.75, 3.05) is 18.6 Å². The van der Waals surface area contributed by atoms with Crippen molar-refractivity contribution in [3.63, 3.8) is 0 Å². The molecule has 0 saturated carbocycles. The van der Waals surface area contributed by atoms with E-state index in [2.05, 4.69) is 9.82 Å². The van der Waals surface area contributed by atoms with Crippen molar-refractivity contribution in [3.05, 3.63) is 66.9 Å². The number of rotatable bonds is 8. The van der Waals surface area contributed by atoms with Crippen LogP contribution in [0.4, 0.5) is 8.78 Å². The van der Waals surface area contributed by atoms with E-state index in [-0.39, 0.29) is 33.3 Å². The van der Waals surface area contributed by atoms with Crippen molar-refractivity contribution in [2.45, 2.75) is 17.4 Å². The molecular formula is C20H16Cl2F2N4O5S2. The minimum atomic E-state index is -3.20. The number of thioether (sulfide) groups is 1. The van der Waals surface area contributed by atoms with E-state index in [1.54, 1.807) is 28.9 Å². The molecule has 1 aromatic heterocycles. The van der Waals surface area contributed by atoms with E-state index in [0.29, 0.717) is 15.3 Å². The molecule has 1 aliphatic rings. The first-order valence-corrected chi connectivity index (χ1v) is 12.9. The van der Waals surface area contributed by atoms with Crippen LogP contribution < -0.4 is 25.4 Å². The van der Waals surface area contributed by atoms with Crippen molar-refractivity contribution in [3.8, 4) is 22.9 Å². The van der Waals surface area contributed by atoms with Crippen molar-refractivity contribution >= 4 is 46.3 Å². The predicted molar refractivity (Wildman–Crippen MR) is 129 cm³/mol. The Bertz CT molecular complexity index is 1350. The highest BCUT2D eigenvalue weighted by Gasteiger charge is 2.28. The summed E-state index contributed by atoms with van der Waals surface area (Å²) >= 11 is 12.8. The zero-order chi connectivity index (χ0) is 25.3. The number of methoxy groups -OCH3 is 1. The van der Waals surface area contributed by atoms with Gasteiger partial charge in [-0.1, -0.05) is 23.2 Å². The maximum Gasteiger partial charge on any atom is 0.349 e. The van der Waals surface area contributed by atoms with E-state index < -0.39 is 34.7 Å². The Morgan fingerprint density at radius 3 is 2.51 bits per heavy atom. The van der Waals surface area contributed by atoms with Gasteiger partial charge >= 0.3 is 5.69 Å². The molecule has 15 heteroatoms. The van der Waals surface area contributed by atoms with Crippen molar-refractivity contribution in [1.29, 1.82) is 0 Å². The standard InChI is InChI=1S/C20H16Cl2F2N4O5S2/c1-32-14-3-2-11(6-15(14)35(31)27-9-7-34-8-9)33-17-12(21)4-10(5-13(17)22)28-20(30)25-19(29)16(26-28)18(23)24/h2-6,9,18,27H,7-8H2,1H3,(H,25,29,30). The second kappa shape index (κ2) is 10.8. The van der Waals surface area contributed by atoms with E-state index in [1.807, 2.05) is 0 Å². The van der Waals surface area contributed by atoms with Crippen LogP contribution in [0.5, 0.6) is 17.2 Å². The summed E-state index contributed by atoms with van der Waals surface area (Å²) in [5, 5.41) is 3.27. The van der Waals surface area contributed by atoms with Gasteiger partial charge in [-0.2, -0.15) is 21.5 Å². The van der Waals surface area contributed by atoms with Gasteiger partial charge in [0.15, 0.2) is 17.2 Å². The molecule has 0 amide bonds. The molecule has 9 nitrogen and oxygen atoms in total. The van der Waals surface area contributed by atoms with Crippen LogP contribution in [0.25, 0.3) is 5.69 Å². The highest BCUT2D eigenvalue weighted by molar-refractivity contribution is 8.00. The average molecular weight is 565 g/mol. The van der Waals surface area contributed by atoms with Crippen LogP contribution >= 0.6 is 35.0 Å². The molecule has 186 valence electrons. The van der Waals surface area contributed by atoms with E-state index in [1.165, 1.54) is 25.3 Å². The minimum Gasteiger partial charge on any atom is -0.593 e. The number of nitrogens with one attached hydrogen (secondary N) is 2. The molecule has 35 heavy (non-hydrogen) atoms. The Morgan fingerprint density at radius 1 is 1.26 bits per heavy atom. The first-order valence-electron chi connectivity index (χ1n) is 9.80. The number of nitrogens with zero attached hydrogens (tertiary/aromatic N) is 2. The summed E-state index contributed by atoms with van der Waals surface area (Å²) in [5.41, 5.74) is -3.56. The van der Waals surface area contributed by atoms with Crippen LogP contribution in [0.15, 0.2) is 44.8 Å². The van der Waals surface area contributed by atoms with Gasteiger partial charge in [-0.3, -0.25) is 9.78 Å². The van der Waals surface area contributed by atoms with Crippen LogP contribution in [0.3, 0.4) is 0 Å². The number of hydrogen-bond acceptors (Lipinski definition) is 8. The zero-order valence-corrected chi connectivity index (χ0v) is 20.9. The summed E-state index contributed by atoms with van der Waals surface area (Å²) in [6, 6.07) is 7.19. The normalized spacial score (nSPS) is 14.6. The smallest absolute Gasteiger partial charge is 0.349 e. The Balaban J connectivity index is 1.65. The zero-order valence-electron chi connectivity index (χ0n) is 17.7. The van der Waals surface area contributed by atoms with E-state index in [0.717, 1.165) is 11.5 Å². The van der Waals surface area contributed by atoms with Gasteiger partial charge in [-0.15, -0.1) is 4.72 Å². The summed E-state index contributed by atoms with van der Waals surface area (Å²) in [6.45, 7) is 0. The number of aromatic nitrogens is 3. The largest absolute Gasteiger partial charge is 0.593 e. The quantitative estimate of drug-likeness (QED) is 0.397. The Morgan fingerprint density at radius 2 is 1.94 bits per heavy atom. The fraction of sp³-hybridized carbons (Fsp3) is 0.250. The number of halogens is 4. The SMILES string of the molecule is COc1ccc(Oc2c(Cl)cc(-n3nc(C(F)F)c(=O)[nH]c3=O)cc2Cl)cc1[S+]([O-])NC1CSC1. The third-order valence-corrected chi connectivity index (χ3v) is 7.86. The second-order valence-corrected chi connectivity index (χ2v) is 10.2. The lowest BCUT2D eigenvalue weighted by Gasteiger charge is -2.26. The second-order valence-electron chi connectivity index (χ2n) is 7.13. The molecule has 0 aliphatic carbocycles. The van der Waals surface area contributed by atoms with Crippen LogP contribution in [0.2, 0.25) is 10.0 Å². The van der Waals surface area contributed by atoms with Gasteiger partial charge in [0.1, 0.15) is 5.75 Å². The Kier molecular flexibility index (Phi) is 7.93. The average Bonchev–Trinajstić information content (AvgIpc) is 2.78. The van der Waals surface area contributed by atoms with E-state index >= 15 is 0 Å². The molecule has 2 aromatic carbocycles. The fourth-order valence-corrected chi connectivity index (χ4v) is 5.55. The fourth-order valence-electron chi connectivity index (χ4n) is 3.00. The molecular weight excluding hydrogens is 549 g/mol. The lowest BCUT2D eigenvalue weighted by molar-refractivity contribution is 0.141. The molecule has 1 unspecified atom stereocenters. The van der Waals surface area contributed by atoms with E-state index in [4.69, 9.17) is 32.7 Å². The number of alkyl halides is 2. The summed E-state index contributed by atoms with van der Waals surface area (Å²) in [4.78, 5) is 25.8. The minimum absolute atomic E-state index is 0.00566. The van der Waals surface area contributed by atoms with Gasteiger partial charge in [-0.05, 0) is 24.3 Å². The number of benzene rings is 2. The molecule has 3 aromatic rings. The van der Waals surface area contributed by atoms with Gasteiger partial charge in [0.2, 0.25) is 4.90 Å². The molecule has 0 radical (unpaired) electrons. The van der Waals surface area contributed by atoms with Crippen molar-refractivity contribution in [2.24, 2.45) is 0 Å². The van der Waals surface area contributed by atoms with Gasteiger partial charge in [0.25, 0.3) is 12.0 Å². The van der Waals surface area contributed by atoms with Gasteiger partial charge in [0, 0.05) is 17.6 Å². The molecule has 0 spiro atoms. The van der Waals surface area contributed by atoms with Crippen molar-refractivity contribution in [1.82, 2.24) is 19.5 Å². The molecule has 1 saturated heterocycles. The lowest BCUT2D eigenvalue weighted by atomic mass is 10.3. The maximum absolute atomic E-state index is 13.1. The summed E-state index contributed by atoms with van der Waals surface area (Å²) in [6.07, 6.45) is -3.20. The van der Waals surface area contributed by atoms with Gasteiger partial charge in [0.05, 0.1) is 40.2 Å². The monoisotopic (exact) mass is 564 g/mol. The number of H-pyrrole nitrogens is 1.